The molecule has 4 heteroatoms. The summed E-state index contributed by atoms with van der Waals surface area (Å²) in [6.45, 7) is 3.08. The fraction of sp³-hybridized carbons (Fsp3) is 0.250. The second kappa shape index (κ2) is 5.46. The zero-order valence-corrected chi connectivity index (χ0v) is 11.4. The number of nitrogens with one attached hydrogen (secondary N) is 1. The van der Waals surface area contributed by atoms with Gasteiger partial charge < -0.3 is 5.32 Å². The van der Waals surface area contributed by atoms with Crippen molar-refractivity contribution in [2.45, 2.75) is 13.3 Å². The molecular formula is C12H13BrN2S. The molecule has 0 atom stereocenters. The Kier molecular flexibility index (Phi) is 3.96. The molecule has 0 aliphatic heterocycles. The quantitative estimate of drug-likeness (QED) is 0.926. The average Bonchev–Trinajstić information content (AvgIpc) is 2.68. The van der Waals surface area contributed by atoms with Gasteiger partial charge in [0.2, 0.25) is 0 Å². The normalized spacial score (nSPS) is 10.4. The SMILES string of the molecule is Cc1ccsc1CCNc1ccc(Br)cn1. The molecule has 84 valence electrons. The Morgan fingerprint density at radius 3 is 2.88 bits per heavy atom. The van der Waals surface area contributed by atoms with Crippen molar-refractivity contribution in [2.75, 3.05) is 11.9 Å². The highest BCUT2D eigenvalue weighted by Gasteiger charge is 1.99. The van der Waals surface area contributed by atoms with E-state index in [1.165, 1.54) is 10.4 Å². The number of hydrogen-bond donors (Lipinski definition) is 1. The topological polar surface area (TPSA) is 24.9 Å². The molecule has 2 aromatic rings. The van der Waals surface area contributed by atoms with Crippen molar-refractivity contribution in [3.05, 3.63) is 44.7 Å². The fourth-order valence-corrected chi connectivity index (χ4v) is 2.59. The number of anilines is 1. The molecule has 0 spiro atoms. The van der Waals surface area contributed by atoms with Gasteiger partial charge in [0.25, 0.3) is 0 Å². The summed E-state index contributed by atoms with van der Waals surface area (Å²) in [6, 6.07) is 6.13. The van der Waals surface area contributed by atoms with E-state index in [2.05, 4.69) is 44.6 Å². The van der Waals surface area contributed by atoms with Crippen molar-refractivity contribution in [1.29, 1.82) is 0 Å². The summed E-state index contributed by atoms with van der Waals surface area (Å²) in [7, 11) is 0. The summed E-state index contributed by atoms with van der Waals surface area (Å²) >= 11 is 5.19. The molecule has 0 aromatic carbocycles. The summed E-state index contributed by atoms with van der Waals surface area (Å²) in [6.07, 6.45) is 2.86. The van der Waals surface area contributed by atoms with Crippen molar-refractivity contribution in [3.8, 4) is 0 Å². The molecule has 0 saturated heterocycles. The van der Waals surface area contributed by atoms with Crippen molar-refractivity contribution in [1.82, 2.24) is 4.98 Å². The Labute approximate surface area is 108 Å². The van der Waals surface area contributed by atoms with Crippen LogP contribution in [-0.2, 0) is 6.42 Å². The lowest BCUT2D eigenvalue weighted by Gasteiger charge is -2.04. The van der Waals surface area contributed by atoms with Crippen LogP contribution >= 0.6 is 27.3 Å². The molecule has 0 saturated carbocycles. The van der Waals surface area contributed by atoms with Crippen LogP contribution in [0.3, 0.4) is 0 Å². The Morgan fingerprint density at radius 2 is 2.25 bits per heavy atom. The van der Waals surface area contributed by atoms with Gasteiger partial charge in [-0.15, -0.1) is 11.3 Å². The van der Waals surface area contributed by atoms with Crippen molar-refractivity contribution in [3.63, 3.8) is 0 Å². The van der Waals surface area contributed by atoms with Crippen LogP contribution in [0, 0.1) is 6.92 Å². The van der Waals surface area contributed by atoms with Gasteiger partial charge in [0, 0.05) is 22.1 Å². The summed E-state index contributed by atoms with van der Waals surface area (Å²) in [5.41, 5.74) is 1.38. The minimum atomic E-state index is 0.927. The van der Waals surface area contributed by atoms with Crippen LogP contribution in [0.1, 0.15) is 10.4 Å². The number of halogens is 1. The second-order valence-corrected chi connectivity index (χ2v) is 5.48. The third kappa shape index (κ3) is 3.06. The van der Waals surface area contributed by atoms with Crippen LogP contribution in [-0.4, -0.2) is 11.5 Å². The Hall–Kier alpha value is -0.870. The highest BCUT2D eigenvalue weighted by Crippen LogP contribution is 2.16. The van der Waals surface area contributed by atoms with Crippen molar-refractivity contribution < 1.29 is 0 Å². The maximum atomic E-state index is 4.26. The first-order valence-corrected chi connectivity index (χ1v) is 6.81. The van der Waals surface area contributed by atoms with Gasteiger partial charge in [-0.1, -0.05) is 0 Å². The Bertz CT molecular complexity index is 450. The van der Waals surface area contributed by atoms with Gasteiger partial charge in [-0.2, -0.15) is 0 Å². The first-order valence-electron chi connectivity index (χ1n) is 5.14. The second-order valence-electron chi connectivity index (χ2n) is 3.57. The third-order valence-corrected chi connectivity index (χ3v) is 3.91. The van der Waals surface area contributed by atoms with Gasteiger partial charge >= 0.3 is 0 Å². The molecule has 0 fully saturated rings. The first kappa shape index (κ1) is 11.6. The zero-order valence-electron chi connectivity index (χ0n) is 9.03. The Morgan fingerprint density at radius 1 is 1.38 bits per heavy atom. The predicted molar refractivity (Wildman–Crippen MR) is 73.2 cm³/mol. The maximum absolute atomic E-state index is 4.26. The standard InChI is InChI=1S/C12H13BrN2S/c1-9-5-7-16-11(9)4-6-14-12-3-2-10(13)8-15-12/h2-3,5,7-8H,4,6H2,1H3,(H,14,15). The van der Waals surface area contributed by atoms with E-state index in [1.54, 1.807) is 6.20 Å². The minimum absolute atomic E-state index is 0.927. The molecule has 0 aliphatic rings. The number of pyridine rings is 1. The van der Waals surface area contributed by atoms with E-state index in [1.807, 2.05) is 23.5 Å². The highest BCUT2D eigenvalue weighted by molar-refractivity contribution is 9.10. The molecule has 2 rings (SSSR count). The van der Waals surface area contributed by atoms with Crippen molar-refractivity contribution in [2.24, 2.45) is 0 Å². The van der Waals surface area contributed by atoms with E-state index >= 15 is 0 Å². The molecular weight excluding hydrogens is 284 g/mol. The molecule has 0 radical (unpaired) electrons. The highest BCUT2D eigenvalue weighted by atomic mass is 79.9. The van der Waals surface area contributed by atoms with Crippen LogP contribution < -0.4 is 5.32 Å². The summed E-state index contributed by atoms with van der Waals surface area (Å²) in [5.74, 6) is 0.928. The number of aromatic nitrogens is 1. The van der Waals surface area contributed by atoms with E-state index in [0.717, 1.165) is 23.3 Å². The summed E-state index contributed by atoms with van der Waals surface area (Å²) < 4.78 is 1.01. The van der Waals surface area contributed by atoms with Gasteiger partial charge in [0.1, 0.15) is 5.82 Å². The minimum Gasteiger partial charge on any atom is -0.370 e. The molecule has 0 amide bonds. The van der Waals surface area contributed by atoms with E-state index < -0.39 is 0 Å². The average molecular weight is 297 g/mol. The van der Waals surface area contributed by atoms with Crippen LogP contribution in [0.4, 0.5) is 5.82 Å². The number of rotatable bonds is 4. The smallest absolute Gasteiger partial charge is 0.125 e. The largest absolute Gasteiger partial charge is 0.370 e. The maximum Gasteiger partial charge on any atom is 0.125 e. The van der Waals surface area contributed by atoms with Gasteiger partial charge in [-0.05, 0) is 58.4 Å². The number of hydrogen-bond acceptors (Lipinski definition) is 3. The summed E-state index contributed by atoms with van der Waals surface area (Å²) in [4.78, 5) is 5.71. The van der Waals surface area contributed by atoms with E-state index in [4.69, 9.17) is 0 Å². The molecule has 2 aromatic heterocycles. The molecule has 2 heterocycles. The molecule has 2 nitrogen and oxygen atoms in total. The monoisotopic (exact) mass is 296 g/mol. The molecule has 16 heavy (non-hydrogen) atoms. The lowest BCUT2D eigenvalue weighted by atomic mass is 10.2. The van der Waals surface area contributed by atoms with Crippen LogP contribution in [0.15, 0.2) is 34.2 Å². The number of nitrogens with zero attached hydrogens (tertiary/aromatic N) is 1. The predicted octanol–water partition coefficient (Wildman–Crippen LogP) is 3.87. The third-order valence-electron chi connectivity index (χ3n) is 2.35. The van der Waals surface area contributed by atoms with E-state index in [-0.39, 0.29) is 0 Å². The lowest BCUT2D eigenvalue weighted by Crippen LogP contribution is -2.05. The number of aryl methyl sites for hydroxylation is 1. The van der Waals surface area contributed by atoms with Crippen molar-refractivity contribution >= 4 is 33.1 Å². The molecule has 0 unspecified atom stereocenters. The van der Waals surface area contributed by atoms with Gasteiger partial charge in [0.15, 0.2) is 0 Å². The zero-order chi connectivity index (χ0) is 11.4. The Balaban J connectivity index is 1.84. The van der Waals surface area contributed by atoms with Crippen LogP contribution in [0.5, 0.6) is 0 Å². The van der Waals surface area contributed by atoms with Gasteiger partial charge in [-0.3, -0.25) is 0 Å². The van der Waals surface area contributed by atoms with Crippen LogP contribution in [0.25, 0.3) is 0 Å². The first-order chi connectivity index (χ1) is 7.75. The molecule has 1 N–H and O–H groups in total. The molecule has 0 bridgehead atoms. The fourth-order valence-electron chi connectivity index (χ4n) is 1.44. The lowest BCUT2D eigenvalue weighted by molar-refractivity contribution is 1.02. The number of thiophene rings is 1. The van der Waals surface area contributed by atoms with E-state index in [0.29, 0.717) is 0 Å². The molecule has 0 aliphatic carbocycles. The van der Waals surface area contributed by atoms with Gasteiger partial charge in [0.05, 0.1) is 0 Å². The summed E-state index contributed by atoms with van der Waals surface area (Å²) in [5, 5.41) is 5.45. The van der Waals surface area contributed by atoms with Crippen LogP contribution in [0.2, 0.25) is 0 Å². The van der Waals surface area contributed by atoms with E-state index in [9.17, 15) is 0 Å². The van der Waals surface area contributed by atoms with Gasteiger partial charge in [-0.25, -0.2) is 4.98 Å².